The number of hydrogen-bond acceptors (Lipinski definition) is 5. The summed E-state index contributed by atoms with van der Waals surface area (Å²) in [6, 6.07) is 6.02. The molecular weight excluding hydrogens is 316 g/mol. The second-order valence-corrected chi connectivity index (χ2v) is 5.00. The van der Waals surface area contributed by atoms with Crippen molar-refractivity contribution in [2.24, 2.45) is 5.16 Å². The third-order valence-electron chi connectivity index (χ3n) is 3.46. The van der Waals surface area contributed by atoms with Crippen molar-refractivity contribution in [3.05, 3.63) is 60.7 Å². The highest BCUT2D eigenvalue weighted by Gasteiger charge is 2.06. The minimum atomic E-state index is 0.0891. The number of allylic oxidation sites excluding steroid dienone is 4. The topological polar surface area (TPSA) is 43.3 Å². The van der Waals surface area contributed by atoms with E-state index in [1.165, 1.54) is 0 Å². The first kappa shape index (κ1) is 20.5. The van der Waals surface area contributed by atoms with Crippen molar-refractivity contribution in [1.29, 1.82) is 0 Å². The molecule has 1 aromatic rings. The van der Waals surface area contributed by atoms with E-state index in [1.54, 1.807) is 19.4 Å². The Hall–Kier alpha value is -2.53. The van der Waals surface area contributed by atoms with Crippen LogP contribution in [-0.2, 0) is 9.57 Å². The van der Waals surface area contributed by atoms with E-state index in [0.29, 0.717) is 6.61 Å². The zero-order valence-corrected chi connectivity index (χ0v) is 15.4. The zero-order valence-electron chi connectivity index (χ0n) is 15.4. The maximum Gasteiger partial charge on any atom is 0.216 e. The molecule has 0 N–H and O–H groups in total. The Labute approximate surface area is 150 Å². The van der Waals surface area contributed by atoms with Gasteiger partial charge in [-0.1, -0.05) is 42.1 Å². The van der Waals surface area contributed by atoms with Crippen LogP contribution in [-0.4, -0.2) is 39.8 Å². The summed E-state index contributed by atoms with van der Waals surface area (Å²) in [5.74, 6) is 0.759. The molecule has 0 aromatic heterocycles. The van der Waals surface area contributed by atoms with Crippen LogP contribution in [0.3, 0.4) is 0 Å². The van der Waals surface area contributed by atoms with E-state index in [-0.39, 0.29) is 6.79 Å². The molecule has 0 aliphatic carbocycles. The van der Waals surface area contributed by atoms with Gasteiger partial charge >= 0.3 is 0 Å². The predicted molar refractivity (Wildman–Crippen MR) is 105 cm³/mol. The van der Waals surface area contributed by atoms with Crippen LogP contribution in [0.25, 0.3) is 0 Å². The molecule has 0 spiro atoms. The highest BCUT2D eigenvalue weighted by molar-refractivity contribution is 5.84. The molecule has 0 aliphatic heterocycles. The van der Waals surface area contributed by atoms with Crippen LogP contribution in [0.5, 0.6) is 5.75 Å². The van der Waals surface area contributed by atoms with Crippen molar-refractivity contribution in [2.75, 3.05) is 38.5 Å². The SMILES string of the molecule is C=C/C=C\C=C/COCO/N=C/c1ccc(N(CC)CC)cc1OC. The molecule has 0 aliphatic rings. The van der Waals surface area contributed by atoms with Gasteiger partial charge in [-0.2, -0.15) is 0 Å². The van der Waals surface area contributed by atoms with Crippen molar-refractivity contribution >= 4 is 11.9 Å². The van der Waals surface area contributed by atoms with E-state index < -0.39 is 0 Å². The van der Waals surface area contributed by atoms with Crippen molar-refractivity contribution in [3.8, 4) is 5.75 Å². The Kier molecular flexibility index (Phi) is 10.5. The number of nitrogens with zero attached hydrogens (tertiary/aromatic N) is 2. The molecule has 0 fully saturated rings. The van der Waals surface area contributed by atoms with Crippen LogP contribution in [0.15, 0.2) is 60.3 Å². The van der Waals surface area contributed by atoms with Crippen molar-refractivity contribution < 1.29 is 14.3 Å². The monoisotopic (exact) mass is 344 g/mol. The molecule has 0 heterocycles. The second kappa shape index (κ2) is 12.8. The van der Waals surface area contributed by atoms with Gasteiger partial charge in [-0.15, -0.1) is 0 Å². The Morgan fingerprint density at radius 1 is 1.16 bits per heavy atom. The number of methoxy groups -OCH3 is 1. The lowest BCUT2D eigenvalue weighted by Gasteiger charge is -2.21. The van der Waals surface area contributed by atoms with Gasteiger partial charge in [-0.05, 0) is 26.0 Å². The molecule has 1 aromatic carbocycles. The fourth-order valence-corrected chi connectivity index (χ4v) is 2.15. The summed E-state index contributed by atoms with van der Waals surface area (Å²) in [5.41, 5.74) is 1.98. The smallest absolute Gasteiger partial charge is 0.216 e. The van der Waals surface area contributed by atoms with Gasteiger partial charge in [0.1, 0.15) is 5.75 Å². The van der Waals surface area contributed by atoms with Crippen LogP contribution in [0.2, 0.25) is 0 Å². The first-order chi connectivity index (χ1) is 12.3. The second-order valence-electron chi connectivity index (χ2n) is 5.00. The first-order valence-corrected chi connectivity index (χ1v) is 8.37. The fraction of sp³-hybridized carbons (Fsp3) is 0.350. The van der Waals surface area contributed by atoms with Gasteiger partial charge in [0.2, 0.25) is 6.79 Å². The van der Waals surface area contributed by atoms with Gasteiger partial charge in [0.15, 0.2) is 0 Å². The summed E-state index contributed by atoms with van der Waals surface area (Å²) in [7, 11) is 1.65. The summed E-state index contributed by atoms with van der Waals surface area (Å²) in [6.07, 6.45) is 10.8. The van der Waals surface area contributed by atoms with Gasteiger partial charge in [0.25, 0.3) is 0 Å². The Bertz CT molecular complexity index is 591. The Balaban J connectivity index is 2.47. The standard InChI is InChI=1S/C20H28N2O3/c1-5-8-9-10-11-14-24-17-25-21-16-18-12-13-19(15-20(18)23-4)22(6-2)7-3/h5,8-13,15-16H,1,6-7,14,17H2,2-4H3/b9-8-,11-10-,21-16+. The molecule has 0 radical (unpaired) electrons. The number of oxime groups is 1. The first-order valence-electron chi connectivity index (χ1n) is 8.37. The Morgan fingerprint density at radius 3 is 2.64 bits per heavy atom. The molecule has 0 saturated heterocycles. The number of hydrogen-bond donors (Lipinski definition) is 0. The summed E-state index contributed by atoms with van der Waals surface area (Å²) in [5, 5.41) is 3.92. The van der Waals surface area contributed by atoms with Crippen molar-refractivity contribution in [2.45, 2.75) is 13.8 Å². The summed E-state index contributed by atoms with van der Waals surface area (Å²) in [4.78, 5) is 7.35. The molecule has 0 saturated carbocycles. The third kappa shape index (κ3) is 7.72. The predicted octanol–water partition coefficient (Wildman–Crippen LogP) is 4.16. The average molecular weight is 344 g/mol. The molecule has 0 bridgehead atoms. The highest BCUT2D eigenvalue weighted by atomic mass is 16.7. The summed E-state index contributed by atoms with van der Waals surface area (Å²) >= 11 is 0. The molecule has 0 amide bonds. The van der Waals surface area contributed by atoms with Gasteiger partial charge in [-0.25, -0.2) is 0 Å². The highest BCUT2D eigenvalue weighted by Crippen LogP contribution is 2.24. The normalized spacial score (nSPS) is 11.5. The molecular formula is C20H28N2O3. The molecule has 0 atom stereocenters. The van der Waals surface area contributed by atoms with E-state index in [0.717, 1.165) is 30.1 Å². The fourth-order valence-electron chi connectivity index (χ4n) is 2.15. The van der Waals surface area contributed by atoms with Crippen LogP contribution in [0, 0.1) is 0 Å². The van der Waals surface area contributed by atoms with E-state index in [2.05, 4.69) is 36.5 Å². The average Bonchev–Trinajstić information content (AvgIpc) is 2.64. The van der Waals surface area contributed by atoms with E-state index in [1.807, 2.05) is 36.4 Å². The lowest BCUT2D eigenvalue weighted by molar-refractivity contribution is -0.0414. The molecule has 136 valence electrons. The van der Waals surface area contributed by atoms with E-state index in [9.17, 15) is 0 Å². The lowest BCUT2D eigenvalue weighted by atomic mass is 10.2. The van der Waals surface area contributed by atoms with Crippen LogP contribution in [0.4, 0.5) is 5.69 Å². The van der Waals surface area contributed by atoms with Gasteiger partial charge in [-0.3, -0.25) is 0 Å². The number of rotatable bonds is 12. The maximum absolute atomic E-state index is 5.44. The number of benzene rings is 1. The summed E-state index contributed by atoms with van der Waals surface area (Å²) in [6.45, 7) is 10.3. The van der Waals surface area contributed by atoms with Crippen LogP contribution >= 0.6 is 0 Å². The van der Waals surface area contributed by atoms with E-state index >= 15 is 0 Å². The van der Waals surface area contributed by atoms with Crippen LogP contribution in [0.1, 0.15) is 19.4 Å². The zero-order chi connectivity index (χ0) is 18.3. The molecule has 5 nitrogen and oxygen atoms in total. The van der Waals surface area contributed by atoms with Crippen molar-refractivity contribution in [1.82, 2.24) is 0 Å². The minimum absolute atomic E-state index is 0.0891. The number of ether oxygens (including phenoxy) is 2. The van der Waals surface area contributed by atoms with Gasteiger partial charge in [0.05, 0.1) is 19.9 Å². The van der Waals surface area contributed by atoms with Gasteiger partial charge < -0.3 is 19.2 Å². The summed E-state index contributed by atoms with van der Waals surface area (Å²) < 4.78 is 10.7. The third-order valence-corrected chi connectivity index (χ3v) is 3.46. The van der Waals surface area contributed by atoms with Crippen LogP contribution < -0.4 is 9.64 Å². The maximum atomic E-state index is 5.44. The molecule has 1 rings (SSSR count). The van der Waals surface area contributed by atoms with Crippen molar-refractivity contribution in [3.63, 3.8) is 0 Å². The number of anilines is 1. The molecule has 0 unspecified atom stereocenters. The lowest BCUT2D eigenvalue weighted by Crippen LogP contribution is -2.21. The minimum Gasteiger partial charge on any atom is -0.496 e. The quantitative estimate of drug-likeness (QED) is 0.188. The van der Waals surface area contributed by atoms with Gasteiger partial charge in [0, 0.05) is 30.4 Å². The van der Waals surface area contributed by atoms with E-state index in [4.69, 9.17) is 14.3 Å². The molecule has 25 heavy (non-hydrogen) atoms. The molecule has 5 heteroatoms. The largest absolute Gasteiger partial charge is 0.496 e. The Morgan fingerprint density at radius 2 is 1.96 bits per heavy atom.